The Labute approximate surface area is 120 Å². The molecule has 0 bridgehead atoms. The first-order valence-corrected chi connectivity index (χ1v) is 6.87. The second kappa shape index (κ2) is 5.52. The quantitative estimate of drug-likeness (QED) is 0.885. The van der Waals surface area contributed by atoms with Crippen molar-refractivity contribution in [3.63, 3.8) is 0 Å². The van der Waals surface area contributed by atoms with Gasteiger partial charge in [0.15, 0.2) is 0 Å². The summed E-state index contributed by atoms with van der Waals surface area (Å²) in [6, 6.07) is 7.08. The normalized spacial score (nSPS) is 13.3. The smallest absolute Gasteiger partial charge is 0.406 e. The summed E-state index contributed by atoms with van der Waals surface area (Å²) in [5.41, 5.74) is 6.76. The number of rotatable bonds is 3. The van der Waals surface area contributed by atoms with Crippen LogP contribution in [0.4, 0.5) is 13.2 Å². The molecule has 2 N–H and O–H groups in total. The first-order chi connectivity index (χ1) is 8.85. The van der Waals surface area contributed by atoms with Crippen LogP contribution >= 0.6 is 27.3 Å². The SMILES string of the molecule is N[C@@H](c1ccc(OC(F)(F)F)cc1)c1cc(Br)cs1. The Morgan fingerprint density at radius 1 is 1.21 bits per heavy atom. The first kappa shape index (κ1) is 14.4. The van der Waals surface area contributed by atoms with Crippen LogP contribution < -0.4 is 10.5 Å². The predicted molar refractivity (Wildman–Crippen MR) is 71.2 cm³/mol. The van der Waals surface area contributed by atoms with Crippen molar-refractivity contribution >= 4 is 27.3 Å². The summed E-state index contributed by atoms with van der Waals surface area (Å²) < 4.78 is 40.8. The van der Waals surface area contributed by atoms with Gasteiger partial charge in [0.05, 0.1) is 6.04 Å². The van der Waals surface area contributed by atoms with Crippen LogP contribution in [0, 0.1) is 0 Å². The fourth-order valence-electron chi connectivity index (χ4n) is 1.53. The van der Waals surface area contributed by atoms with Gasteiger partial charge in [-0.1, -0.05) is 12.1 Å². The number of hydrogen-bond donors (Lipinski definition) is 1. The van der Waals surface area contributed by atoms with Gasteiger partial charge in [0.1, 0.15) is 5.75 Å². The predicted octanol–water partition coefficient (Wildman–Crippen LogP) is 4.46. The van der Waals surface area contributed by atoms with Crippen LogP contribution in [0.3, 0.4) is 0 Å². The number of halogens is 4. The molecule has 0 aliphatic rings. The summed E-state index contributed by atoms with van der Waals surface area (Å²) in [4.78, 5) is 0.927. The van der Waals surface area contributed by atoms with E-state index in [4.69, 9.17) is 5.73 Å². The third-order valence-electron chi connectivity index (χ3n) is 2.37. The van der Waals surface area contributed by atoms with Gasteiger partial charge < -0.3 is 10.5 Å². The number of nitrogens with two attached hydrogens (primary N) is 1. The van der Waals surface area contributed by atoms with Crippen molar-refractivity contribution in [1.82, 2.24) is 0 Å². The molecule has 0 saturated heterocycles. The van der Waals surface area contributed by atoms with Gasteiger partial charge in [-0.15, -0.1) is 24.5 Å². The third kappa shape index (κ3) is 3.95. The van der Waals surface area contributed by atoms with Crippen LogP contribution in [0.15, 0.2) is 40.2 Å². The minimum absolute atomic E-state index is 0.254. The Morgan fingerprint density at radius 3 is 2.32 bits per heavy atom. The second-order valence-corrected chi connectivity index (χ2v) is 5.62. The zero-order valence-corrected chi connectivity index (χ0v) is 11.8. The number of ether oxygens (including phenoxy) is 1. The van der Waals surface area contributed by atoms with Crippen LogP contribution in [-0.4, -0.2) is 6.36 Å². The Morgan fingerprint density at radius 2 is 1.84 bits per heavy atom. The van der Waals surface area contributed by atoms with Gasteiger partial charge in [-0.05, 0) is 39.7 Å². The van der Waals surface area contributed by atoms with E-state index in [2.05, 4.69) is 20.7 Å². The fraction of sp³-hybridized carbons (Fsp3) is 0.167. The summed E-state index contributed by atoms with van der Waals surface area (Å²) in [6.07, 6.45) is -4.68. The van der Waals surface area contributed by atoms with E-state index in [0.29, 0.717) is 0 Å². The average Bonchev–Trinajstić information content (AvgIpc) is 2.74. The number of benzene rings is 1. The van der Waals surface area contributed by atoms with Crippen molar-refractivity contribution < 1.29 is 17.9 Å². The number of hydrogen-bond acceptors (Lipinski definition) is 3. The highest BCUT2D eigenvalue weighted by molar-refractivity contribution is 9.10. The zero-order chi connectivity index (χ0) is 14.0. The average molecular weight is 352 g/mol. The van der Waals surface area contributed by atoms with E-state index >= 15 is 0 Å². The summed E-state index contributed by atoms with van der Waals surface area (Å²) in [5.74, 6) is -0.254. The van der Waals surface area contributed by atoms with E-state index in [0.717, 1.165) is 14.9 Å². The van der Waals surface area contributed by atoms with Crippen LogP contribution in [0.25, 0.3) is 0 Å². The van der Waals surface area contributed by atoms with Crippen LogP contribution in [-0.2, 0) is 0 Å². The molecule has 1 atom stereocenters. The van der Waals surface area contributed by atoms with E-state index in [1.54, 1.807) is 0 Å². The van der Waals surface area contributed by atoms with Gasteiger partial charge in [-0.25, -0.2) is 0 Å². The Kier molecular flexibility index (Phi) is 4.17. The van der Waals surface area contributed by atoms with Crippen LogP contribution in [0.2, 0.25) is 0 Å². The monoisotopic (exact) mass is 351 g/mol. The molecular formula is C12H9BrF3NOS. The third-order valence-corrected chi connectivity index (χ3v) is 4.14. The molecule has 0 spiro atoms. The highest BCUT2D eigenvalue weighted by Gasteiger charge is 2.31. The molecule has 1 aromatic heterocycles. The summed E-state index contributed by atoms with van der Waals surface area (Å²) in [5, 5.41) is 1.90. The van der Waals surface area contributed by atoms with Gasteiger partial charge >= 0.3 is 6.36 Å². The lowest BCUT2D eigenvalue weighted by atomic mass is 10.1. The van der Waals surface area contributed by atoms with Gasteiger partial charge in [0.2, 0.25) is 0 Å². The molecule has 0 fully saturated rings. The standard InChI is InChI=1S/C12H9BrF3NOS/c13-8-5-10(19-6-8)11(17)7-1-3-9(4-2-7)18-12(14,15)16/h1-6,11H,17H2/t11-/m0/s1. The molecule has 0 aliphatic carbocycles. The van der Waals surface area contributed by atoms with Crippen molar-refractivity contribution in [2.75, 3.05) is 0 Å². The molecule has 0 unspecified atom stereocenters. The van der Waals surface area contributed by atoms with Crippen molar-refractivity contribution in [3.8, 4) is 5.75 Å². The number of alkyl halides is 3. The number of thiophene rings is 1. The van der Waals surface area contributed by atoms with Gasteiger partial charge in [0, 0.05) is 14.7 Å². The molecular weight excluding hydrogens is 343 g/mol. The maximum Gasteiger partial charge on any atom is 0.573 e. The van der Waals surface area contributed by atoms with Crippen LogP contribution in [0.1, 0.15) is 16.5 Å². The molecule has 19 heavy (non-hydrogen) atoms. The lowest BCUT2D eigenvalue weighted by Crippen LogP contribution is -2.17. The van der Waals surface area contributed by atoms with Gasteiger partial charge in [-0.3, -0.25) is 0 Å². The Balaban J connectivity index is 2.14. The molecule has 0 radical (unpaired) electrons. The highest BCUT2D eigenvalue weighted by atomic mass is 79.9. The van der Waals surface area contributed by atoms with E-state index in [1.807, 2.05) is 11.4 Å². The molecule has 7 heteroatoms. The van der Waals surface area contributed by atoms with Crippen molar-refractivity contribution in [1.29, 1.82) is 0 Å². The second-order valence-electron chi connectivity index (χ2n) is 3.76. The minimum Gasteiger partial charge on any atom is -0.406 e. The largest absolute Gasteiger partial charge is 0.573 e. The molecule has 2 rings (SSSR count). The zero-order valence-electron chi connectivity index (χ0n) is 9.45. The summed E-state index contributed by atoms with van der Waals surface area (Å²) in [6.45, 7) is 0. The van der Waals surface area contributed by atoms with E-state index < -0.39 is 6.36 Å². The molecule has 102 valence electrons. The molecule has 0 amide bonds. The summed E-state index contributed by atoms with van der Waals surface area (Å²) >= 11 is 4.81. The Hall–Kier alpha value is -1.05. The molecule has 2 nitrogen and oxygen atoms in total. The highest BCUT2D eigenvalue weighted by Crippen LogP contribution is 2.30. The molecule has 0 saturated carbocycles. The molecule has 1 heterocycles. The molecule has 0 aliphatic heterocycles. The van der Waals surface area contributed by atoms with Crippen molar-refractivity contribution in [2.24, 2.45) is 5.73 Å². The first-order valence-electron chi connectivity index (χ1n) is 5.20. The van der Waals surface area contributed by atoms with E-state index in [1.165, 1.54) is 35.6 Å². The molecule has 2 aromatic rings. The van der Waals surface area contributed by atoms with Gasteiger partial charge in [0.25, 0.3) is 0 Å². The van der Waals surface area contributed by atoms with Crippen molar-refractivity contribution in [3.05, 3.63) is 50.6 Å². The van der Waals surface area contributed by atoms with E-state index in [9.17, 15) is 13.2 Å². The molecule has 1 aromatic carbocycles. The van der Waals surface area contributed by atoms with Crippen LogP contribution in [0.5, 0.6) is 5.75 Å². The maximum atomic E-state index is 12.0. The lowest BCUT2D eigenvalue weighted by molar-refractivity contribution is -0.274. The maximum absolute atomic E-state index is 12.0. The topological polar surface area (TPSA) is 35.2 Å². The fourth-order valence-corrected chi connectivity index (χ4v) is 3.01. The van der Waals surface area contributed by atoms with E-state index in [-0.39, 0.29) is 11.8 Å². The summed E-state index contributed by atoms with van der Waals surface area (Å²) in [7, 11) is 0. The van der Waals surface area contributed by atoms with Crippen molar-refractivity contribution in [2.45, 2.75) is 12.4 Å². The lowest BCUT2D eigenvalue weighted by Gasteiger charge is -2.12. The van der Waals surface area contributed by atoms with Gasteiger partial charge in [-0.2, -0.15) is 0 Å². The Bertz CT molecular complexity index is 553. The minimum atomic E-state index is -4.68.